The average Bonchev–Trinajstić information content (AvgIpc) is 3.15. The molecule has 4 atom stereocenters. The fourth-order valence-corrected chi connectivity index (χ4v) is 4.89. The van der Waals surface area contributed by atoms with E-state index >= 15 is 0 Å². The Labute approximate surface area is 215 Å². The van der Waals surface area contributed by atoms with E-state index in [-0.39, 0.29) is 38.0 Å². The van der Waals surface area contributed by atoms with E-state index in [1.54, 1.807) is 13.8 Å². The highest BCUT2D eigenvalue weighted by molar-refractivity contribution is 5.85. The summed E-state index contributed by atoms with van der Waals surface area (Å²) in [7, 11) is 0. The number of ether oxygens (including phenoxy) is 4. The zero-order valence-corrected chi connectivity index (χ0v) is 21.5. The molecule has 1 aliphatic heterocycles. The van der Waals surface area contributed by atoms with Crippen molar-refractivity contribution in [2.75, 3.05) is 0 Å². The summed E-state index contributed by atoms with van der Waals surface area (Å²) in [6, 6.07) is 14.3. The number of carbonyl (C=O) groups is 1. The number of fused-ring (bicyclic) bond motifs is 1. The summed E-state index contributed by atoms with van der Waals surface area (Å²) in [5.74, 6) is -1.14. The molecule has 37 heavy (non-hydrogen) atoms. The number of carbonyl (C=O) groups excluding carboxylic acids is 1. The summed E-state index contributed by atoms with van der Waals surface area (Å²) in [4.78, 5) is 13.6. The smallest absolute Gasteiger partial charge is 0.371 e. The van der Waals surface area contributed by atoms with Gasteiger partial charge in [0.2, 0.25) is 0 Å². The molecule has 0 aromatic heterocycles. The molecule has 2 aromatic rings. The predicted molar refractivity (Wildman–Crippen MR) is 130 cm³/mol. The van der Waals surface area contributed by atoms with Crippen molar-refractivity contribution in [3.05, 3.63) is 71.3 Å². The molecule has 1 heterocycles. The third-order valence-electron chi connectivity index (χ3n) is 6.59. The minimum Gasteiger partial charge on any atom is -0.371 e. The van der Waals surface area contributed by atoms with Crippen molar-refractivity contribution in [1.82, 2.24) is 5.32 Å². The van der Waals surface area contributed by atoms with Crippen LogP contribution in [0.2, 0.25) is 0 Å². The lowest BCUT2D eigenvalue weighted by Gasteiger charge is -2.43. The second kappa shape index (κ2) is 10.7. The first kappa shape index (κ1) is 27.6. The quantitative estimate of drug-likeness (QED) is 0.505. The summed E-state index contributed by atoms with van der Waals surface area (Å²) in [5, 5.41) is 2.98. The van der Waals surface area contributed by atoms with Gasteiger partial charge >= 0.3 is 6.18 Å². The highest BCUT2D eigenvalue weighted by Gasteiger charge is 2.58. The van der Waals surface area contributed by atoms with Crippen molar-refractivity contribution < 1.29 is 36.9 Å². The van der Waals surface area contributed by atoms with E-state index in [0.29, 0.717) is 5.56 Å². The number of hydrogen-bond acceptors (Lipinski definition) is 5. The normalized spacial score (nSPS) is 27.2. The highest BCUT2D eigenvalue weighted by atomic mass is 19.4. The number of hydrogen-bond donors (Lipinski definition) is 1. The van der Waals surface area contributed by atoms with Crippen LogP contribution < -0.4 is 5.32 Å². The third kappa shape index (κ3) is 6.71. The van der Waals surface area contributed by atoms with Crippen molar-refractivity contribution in [3.63, 3.8) is 0 Å². The molecule has 2 aliphatic rings. The van der Waals surface area contributed by atoms with E-state index in [9.17, 15) is 18.0 Å². The molecule has 1 aliphatic carbocycles. The largest absolute Gasteiger partial charge is 0.416 e. The van der Waals surface area contributed by atoms with Gasteiger partial charge in [-0.15, -0.1) is 0 Å². The molecule has 0 radical (unpaired) electrons. The Morgan fingerprint density at radius 2 is 1.65 bits per heavy atom. The molecule has 9 heteroatoms. The Kier molecular flexibility index (Phi) is 7.99. The Hall–Kier alpha value is -2.46. The molecular weight excluding hydrogens is 487 g/mol. The van der Waals surface area contributed by atoms with E-state index in [4.69, 9.17) is 18.9 Å². The Morgan fingerprint density at radius 3 is 2.27 bits per heavy atom. The molecular formula is C28H34F3NO5. The van der Waals surface area contributed by atoms with E-state index < -0.39 is 41.4 Å². The molecule has 2 fully saturated rings. The van der Waals surface area contributed by atoms with Crippen LogP contribution >= 0.6 is 0 Å². The zero-order valence-electron chi connectivity index (χ0n) is 21.5. The van der Waals surface area contributed by atoms with Crippen molar-refractivity contribution in [1.29, 1.82) is 0 Å². The van der Waals surface area contributed by atoms with Crippen LogP contribution in [0, 0.1) is 0 Å². The van der Waals surface area contributed by atoms with Crippen LogP contribution in [0.15, 0.2) is 54.6 Å². The molecule has 6 nitrogen and oxygen atoms in total. The van der Waals surface area contributed by atoms with Crippen molar-refractivity contribution in [3.8, 4) is 0 Å². The van der Waals surface area contributed by atoms with Crippen LogP contribution in [0.5, 0.6) is 0 Å². The first-order valence-electron chi connectivity index (χ1n) is 12.5. The lowest BCUT2D eigenvalue weighted by molar-refractivity contribution is -0.183. The number of rotatable bonds is 8. The Balaban J connectivity index is 1.57. The van der Waals surface area contributed by atoms with Gasteiger partial charge in [0.25, 0.3) is 5.91 Å². The third-order valence-corrected chi connectivity index (χ3v) is 6.59. The Bertz CT molecular complexity index is 1060. The van der Waals surface area contributed by atoms with Gasteiger partial charge in [0.15, 0.2) is 11.4 Å². The van der Waals surface area contributed by atoms with Gasteiger partial charge in [-0.2, -0.15) is 13.2 Å². The first-order valence-corrected chi connectivity index (χ1v) is 12.5. The van der Waals surface area contributed by atoms with E-state index in [0.717, 1.165) is 17.7 Å². The number of benzene rings is 2. The molecule has 202 valence electrons. The van der Waals surface area contributed by atoms with Crippen LogP contribution in [0.3, 0.4) is 0 Å². The van der Waals surface area contributed by atoms with Gasteiger partial charge < -0.3 is 24.3 Å². The van der Waals surface area contributed by atoms with Crippen LogP contribution in [-0.2, 0) is 43.1 Å². The Morgan fingerprint density at radius 1 is 1.00 bits per heavy atom. The average molecular weight is 522 g/mol. The molecule has 4 rings (SSSR count). The van der Waals surface area contributed by atoms with Gasteiger partial charge in [-0.1, -0.05) is 42.5 Å². The summed E-state index contributed by atoms with van der Waals surface area (Å²) >= 11 is 0. The molecule has 0 spiro atoms. The standard InChI is InChI=1S/C28H34F3NO5/c1-18(2)32-25(33)27(35-17-19-8-6-5-7-9-19)14-22(24-23(15-27)36-26(3,4)37-24)34-16-20-10-12-21(13-11-20)28(29,30)31/h5-13,18,22-24H,14-17H2,1-4H3,(H,32,33)/t22?,23-,24+,27-/m1/s1. The second-order valence-corrected chi connectivity index (χ2v) is 10.5. The minimum atomic E-state index is -4.41. The minimum absolute atomic E-state index is 0.0520. The first-order chi connectivity index (χ1) is 17.4. The number of alkyl halides is 3. The lowest BCUT2D eigenvalue weighted by Crippen LogP contribution is -2.60. The van der Waals surface area contributed by atoms with E-state index in [2.05, 4.69) is 5.32 Å². The van der Waals surface area contributed by atoms with Gasteiger partial charge in [0.05, 0.1) is 31.0 Å². The van der Waals surface area contributed by atoms with Gasteiger partial charge in [-0.25, -0.2) is 0 Å². The zero-order chi connectivity index (χ0) is 26.8. The summed E-state index contributed by atoms with van der Waals surface area (Å²) in [6.45, 7) is 7.64. The highest BCUT2D eigenvalue weighted by Crippen LogP contribution is 2.44. The maximum absolute atomic E-state index is 13.6. The summed E-state index contributed by atoms with van der Waals surface area (Å²) in [5.41, 5.74) is -0.458. The predicted octanol–water partition coefficient (Wildman–Crippen LogP) is 5.38. The SMILES string of the molecule is CC(C)NC(=O)[C@@]1(OCc2ccccc2)CC(OCc2ccc(C(F)(F)F)cc2)[C@@H]2OC(C)(C)O[C@@H]2C1. The van der Waals surface area contributed by atoms with Crippen LogP contribution in [0.25, 0.3) is 0 Å². The van der Waals surface area contributed by atoms with Crippen molar-refractivity contribution >= 4 is 5.91 Å². The van der Waals surface area contributed by atoms with Gasteiger partial charge in [0.1, 0.15) is 6.10 Å². The topological polar surface area (TPSA) is 66.0 Å². The molecule has 1 saturated carbocycles. The monoisotopic (exact) mass is 521 g/mol. The van der Waals surface area contributed by atoms with Gasteiger partial charge in [-0.3, -0.25) is 4.79 Å². The fraction of sp³-hybridized carbons (Fsp3) is 0.536. The molecule has 1 unspecified atom stereocenters. The molecule has 1 N–H and O–H groups in total. The van der Waals surface area contributed by atoms with E-state index in [1.807, 2.05) is 44.2 Å². The fourth-order valence-electron chi connectivity index (χ4n) is 4.89. The van der Waals surface area contributed by atoms with Crippen LogP contribution in [-0.4, -0.2) is 41.6 Å². The molecule has 0 bridgehead atoms. The second-order valence-electron chi connectivity index (χ2n) is 10.5. The van der Waals surface area contributed by atoms with Gasteiger partial charge in [0, 0.05) is 18.9 Å². The number of amides is 1. The van der Waals surface area contributed by atoms with Crippen molar-refractivity contribution in [2.24, 2.45) is 0 Å². The van der Waals surface area contributed by atoms with Crippen molar-refractivity contribution in [2.45, 2.75) is 95.7 Å². The molecule has 1 amide bonds. The number of halogens is 3. The maximum Gasteiger partial charge on any atom is 0.416 e. The lowest BCUT2D eigenvalue weighted by atomic mass is 9.78. The molecule has 2 aromatic carbocycles. The van der Waals surface area contributed by atoms with Crippen LogP contribution in [0.1, 0.15) is 57.2 Å². The van der Waals surface area contributed by atoms with Gasteiger partial charge in [-0.05, 0) is 51.0 Å². The van der Waals surface area contributed by atoms with E-state index in [1.165, 1.54) is 12.1 Å². The maximum atomic E-state index is 13.6. The summed E-state index contributed by atoms with van der Waals surface area (Å²) in [6.07, 6.45) is -5.42. The summed E-state index contributed by atoms with van der Waals surface area (Å²) < 4.78 is 63.8. The van der Waals surface area contributed by atoms with Crippen LogP contribution in [0.4, 0.5) is 13.2 Å². The molecule has 1 saturated heterocycles. The number of nitrogens with one attached hydrogen (secondary N) is 1.